The lowest BCUT2D eigenvalue weighted by Gasteiger charge is -2.14. The first-order chi connectivity index (χ1) is 12.1. The van der Waals surface area contributed by atoms with E-state index in [1.165, 1.54) is 0 Å². The lowest BCUT2D eigenvalue weighted by atomic mass is 9.94. The van der Waals surface area contributed by atoms with Crippen molar-refractivity contribution in [3.8, 4) is 0 Å². The molecule has 1 aliphatic heterocycles. The highest BCUT2D eigenvalue weighted by Gasteiger charge is 2.38. The molecule has 3 rings (SSSR count). The van der Waals surface area contributed by atoms with Gasteiger partial charge in [0.15, 0.2) is 5.65 Å². The van der Waals surface area contributed by atoms with E-state index in [9.17, 15) is 9.90 Å². The molecule has 2 N–H and O–H groups in total. The molecule has 136 valence electrons. The number of carbonyl (C=O) groups is 1. The fourth-order valence-corrected chi connectivity index (χ4v) is 3.23. The summed E-state index contributed by atoms with van der Waals surface area (Å²) in [6, 6.07) is 0. The third kappa shape index (κ3) is 3.42. The number of aromatic nitrogens is 4. The highest BCUT2D eigenvalue weighted by Crippen LogP contribution is 2.40. The van der Waals surface area contributed by atoms with Crippen LogP contribution >= 0.6 is 0 Å². The van der Waals surface area contributed by atoms with Gasteiger partial charge in [0.2, 0.25) is 5.95 Å². The largest absolute Gasteiger partial charge is 0.466 e. The average molecular weight is 349 g/mol. The molecular weight excluding hydrogens is 326 g/mol. The van der Waals surface area contributed by atoms with Crippen LogP contribution < -0.4 is 5.32 Å². The Morgan fingerprint density at radius 3 is 3.00 bits per heavy atom. The van der Waals surface area contributed by atoms with Crippen molar-refractivity contribution in [3.63, 3.8) is 0 Å². The molecule has 2 aromatic heterocycles. The third-order valence-corrected chi connectivity index (χ3v) is 4.37. The van der Waals surface area contributed by atoms with Gasteiger partial charge in [-0.2, -0.15) is 14.6 Å². The second kappa shape index (κ2) is 7.32. The second-order valence-corrected chi connectivity index (χ2v) is 6.03. The van der Waals surface area contributed by atoms with Crippen LogP contribution in [0.2, 0.25) is 0 Å². The predicted octanol–water partition coefficient (Wildman–Crippen LogP) is 0.866. The van der Waals surface area contributed by atoms with Crippen molar-refractivity contribution in [1.82, 2.24) is 19.6 Å². The number of hydrogen-bond acceptors (Lipinski definition) is 8. The number of aliphatic hydroxyl groups excluding tert-OH is 1. The summed E-state index contributed by atoms with van der Waals surface area (Å²) in [5.74, 6) is 0.841. The molecule has 1 fully saturated rings. The number of rotatable bonds is 6. The Morgan fingerprint density at radius 1 is 1.52 bits per heavy atom. The Balaban J connectivity index is 1.86. The summed E-state index contributed by atoms with van der Waals surface area (Å²) in [5, 5.41) is 16.9. The van der Waals surface area contributed by atoms with Gasteiger partial charge in [-0.15, -0.1) is 0 Å². The molecule has 25 heavy (non-hydrogen) atoms. The van der Waals surface area contributed by atoms with Crippen molar-refractivity contribution in [3.05, 3.63) is 17.6 Å². The van der Waals surface area contributed by atoms with Crippen LogP contribution in [0.5, 0.6) is 0 Å². The number of fused-ring (bicyclic) bond motifs is 1. The molecule has 0 aromatic carbocycles. The number of aryl methyl sites for hydroxylation is 1. The Morgan fingerprint density at radius 2 is 2.32 bits per heavy atom. The highest BCUT2D eigenvalue weighted by molar-refractivity contribution is 5.69. The predicted molar refractivity (Wildman–Crippen MR) is 89.1 cm³/mol. The number of nitrogens with one attached hydrogen (secondary N) is 1. The monoisotopic (exact) mass is 349 g/mol. The smallest absolute Gasteiger partial charge is 0.306 e. The van der Waals surface area contributed by atoms with Crippen LogP contribution in [0.1, 0.15) is 37.3 Å². The van der Waals surface area contributed by atoms with Crippen molar-refractivity contribution >= 4 is 17.6 Å². The summed E-state index contributed by atoms with van der Waals surface area (Å²) in [4.78, 5) is 20.6. The van der Waals surface area contributed by atoms with Crippen molar-refractivity contribution in [2.75, 3.05) is 25.6 Å². The highest BCUT2D eigenvalue weighted by atomic mass is 16.5. The second-order valence-electron chi connectivity index (χ2n) is 6.03. The van der Waals surface area contributed by atoms with Gasteiger partial charge in [-0.25, -0.2) is 4.98 Å². The maximum Gasteiger partial charge on any atom is 0.306 e. The van der Waals surface area contributed by atoms with Gasteiger partial charge in [-0.3, -0.25) is 4.79 Å². The zero-order valence-electron chi connectivity index (χ0n) is 14.6. The molecule has 2 aromatic rings. The SMILES string of the molecule is CCOC(=O)C[C@H]1C[C@H](c2cnn3c(NC)nc(C)nc23)O[C@@H]1CO. The molecule has 0 radical (unpaired) electrons. The van der Waals surface area contributed by atoms with Gasteiger partial charge in [0.05, 0.1) is 38.0 Å². The lowest BCUT2D eigenvalue weighted by Crippen LogP contribution is -2.23. The molecular formula is C16H23N5O4. The maximum atomic E-state index is 11.8. The summed E-state index contributed by atoms with van der Waals surface area (Å²) in [6.07, 6.45) is 1.84. The van der Waals surface area contributed by atoms with E-state index >= 15 is 0 Å². The quantitative estimate of drug-likeness (QED) is 0.739. The first-order valence-corrected chi connectivity index (χ1v) is 8.39. The summed E-state index contributed by atoms with van der Waals surface area (Å²) in [5.41, 5.74) is 1.49. The van der Waals surface area contributed by atoms with Crippen molar-refractivity contribution < 1.29 is 19.4 Å². The van der Waals surface area contributed by atoms with Crippen molar-refractivity contribution in [2.24, 2.45) is 5.92 Å². The number of ether oxygens (including phenoxy) is 2. The Bertz CT molecular complexity index is 762. The van der Waals surface area contributed by atoms with E-state index in [2.05, 4.69) is 20.4 Å². The van der Waals surface area contributed by atoms with E-state index < -0.39 is 6.10 Å². The minimum Gasteiger partial charge on any atom is -0.466 e. The molecule has 0 aliphatic carbocycles. The molecule has 0 unspecified atom stereocenters. The topological polar surface area (TPSA) is 111 Å². The standard InChI is InChI=1S/C16H23N5O4/c1-4-24-14(23)6-10-5-12(25-13(10)8-22)11-7-18-21-15(11)19-9(2)20-16(21)17-3/h7,10,12-13,22H,4-6,8H2,1-3H3,(H,17,19,20)/t10-,12-,13-/m1/s1. The van der Waals surface area contributed by atoms with E-state index in [1.807, 2.05) is 6.92 Å². The van der Waals surface area contributed by atoms with Crippen LogP contribution in [0.25, 0.3) is 5.65 Å². The summed E-state index contributed by atoms with van der Waals surface area (Å²) in [6.45, 7) is 3.79. The van der Waals surface area contributed by atoms with Gasteiger partial charge in [-0.1, -0.05) is 0 Å². The Labute approximate surface area is 145 Å². The fourth-order valence-electron chi connectivity index (χ4n) is 3.23. The zero-order chi connectivity index (χ0) is 18.0. The number of carbonyl (C=O) groups excluding carboxylic acids is 1. The molecule has 9 heteroatoms. The van der Waals surface area contributed by atoms with Gasteiger partial charge in [-0.05, 0) is 20.3 Å². The summed E-state index contributed by atoms with van der Waals surface area (Å²) in [7, 11) is 1.77. The first kappa shape index (κ1) is 17.6. The molecule has 3 atom stereocenters. The third-order valence-electron chi connectivity index (χ3n) is 4.37. The van der Waals surface area contributed by atoms with Gasteiger partial charge < -0.3 is 19.9 Å². The Hall–Kier alpha value is -2.26. The normalized spacial score (nSPS) is 23.1. The number of esters is 1. The number of hydrogen-bond donors (Lipinski definition) is 2. The zero-order valence-corrected chi connectivity index (χ0v) is 14.6. The van der Waals surface area contributed by atoms with E-state index in [4.69, 9.17) is 9.47 Å². The van der Waals surface area contributed by atoms with Crippen molar-refractivity contribution in [2.45, 2.75) is 38.9 Å². The molecule has 9 nitrogen and oxygen atoms in total. The van der Waals surface area contributed by atoms with E-state index in [1.54, 1.807) is 24.7 Å². The van der Waals surface area contributed by atoms with Crippen LogP contribution in [-0.2, 0) is 14.3 Å². The van der Waals surface area contributed by atoms with Gasteiger partial charge in [0.25, 0.3) is 0 Å². The number of anilines is 1. The minimum atomic E-state index is -0.406. The van der Waals surface area contributed by atoms with E-state index in [0.717, 1.165) is 5.56 Å². The number of aliphatic hydroxyl groups is 1. The molecule has 0 spiro atoms. The minimum absolute atomic E-state index is 0.101. The van der Waals surface area contributed by atoms with Crippen LogP contribution in [0, 0.1) is 12.8 Å². The molecule has 0 saturated carbocycles. The molecule has 1 saturated heterocycles. The lowest BCUT2D eigenvalue weighted by molar-refractivity contribution is -0.144. The first-order valence-electron chi connectivity index (χ1n) is 8.39. The van der Waals surface area contributed by atoms with Crippen LogP contribution in [-0.4, -0.2) is 57.0 Å². The van der Waals surface area contributed by atoms with Crippen molar-refractivity contribution in [1.29, 1.82) is 0 Å². The number of nitrogens with zero attached hydrogens (tertiary/aromatic N) is 4. The van der Waals surface area contributed by atoms with Gasteiger partial charge in [0.1, 0.15) is 5.82 Å². The molecule has 0 amide bonds. The van der Waals surface area contributed by atoms with Crippen LogP contribution in [0.4, 0.5) is 5.95 Å². The fraction of sp³-hybridized carbons (Fsp3) is 0.625. The summed E-state index contributed by atoms with van der Waals surface area (Å²) >= 11 is 0. The average Bonchev–Trinajstić information content (AvgIpc) is 3.17. The molecule has 3 heterocycles. The Kier molecular flexibility index (Phi) is 5.14. The molecule has 1 aliphatic rings. The van der Waals surface area contributed by atoms with Gasteiger partial charge in [0, 0.05) is 18.5 Å². The summed E-state index contributed by atoms with van der Waals surface area (Å²) < 4.78 is 12.6. The van der Waals surface area contributed by atoms with E-state index in [-0.39, 0.29) is 31.0 Å². The van der Waals surface area contributed by atoms with Gasteiger partial charge >= 0.3 is 5.97 Å². The van der Waals surface area contributed by atoms with Crippen LogP contribution in [0.15, 0.2) is 6.20 Å². The molecule has 0 bridgehead atoms. The van der Waals surface area contributed by atoms with Crippen LogP contribution in [0.3, 0.4) is 0 Å². The maximum absolute atomic E-state index is 11.8. The van der Waals surface area contributed by atoms with E-state index in [0.29, 0.717) is 30.4 Å².